The third-order valence-corrected chi connectivity index (χ3v) is 1.21. The Morgan fingerprint density at radius 1 is 1.14 bits per heavy atom. The van der Waals surface area contributed by atoms with Crippen molar-refractivity contribution in [3.8, 4) is 0 Å². The number of nitrogens with two attached hydrogens (primary N) is 3. The summed E-state index contributed by atoms with van der Waals surface area (Å²) in [4.78, 5) is 18.1. The van der Waals surface area contributed by atoms with Crippen LogP contribution in [0.25, 0.3) is 0 Å². The Bertz CT molecular complexity index is 269. The molecular weight excluding hydrogens is 211 g/mol. The van der Waals surface area contributed by atoms with E-state index in [0.717, 1.165) is 0 Å². The molecule has 1 rings (SSSR count). The van der Waals surface area contributed by atoms with Gasteiger partial charge in [-0.05, 0) is 0 Å². The SMILES string of the molecule is CO[PH](=O)O.Nc1nc(N)nc(N)n1. The smallest absolute Gasteiger partial charge is 0.316 e. The summed E-state index contributed by atoms with van der Waals surface area (Å²) >= 11 is 0. The first-order valence-corrected chi connectivity index (χ1v) is 4.51. The molecule has 0 spiro atoms. The van der Waals surface area contributed by atoms with Crippen molar-refractivity contribution in [3.05, 3.63) is 0 Å². The first-order valence-electron chi connectivity index (χ1n) is 3.25. The third-order valence-electron chi connectivity index (χ3n) is 0.862. The molecular formula is C4H11N6O3P. The van der Waals surface area contributed by atoms with Gasteiger partial charge in [0.1, 0.15) is 0 Å². The van der Waals surface area contributed by atoms with E-state index < -0.39 is 8.25 Å². The molecule has 0 amide bonds. The van der Waals surface area contributed by atoms with Gasteiger partial charge in [-0.3, -0.25) is 4.57 Å². The Hall–Kier alpha value is -1.44. The second kappa shape index (κ2) is 6.08. The van der Waals surface area contributed by atoms with Crippen LogP contribution in [-0.4, -0.2) is 27.0 Å². The molecule has 1 atom stereocenters. The summed E-state index contributed by atoms with van der Waals surface area (Å²) in [6.07, 6.45) is 0. The molecule has 0 radical (unpaired) electrons. The molecule has 0 aromatic carbocycles. The lowest BCUT2D eigenvalue weighted by Crippen LogP contribution is -2.05. The van der Waals surface area contributed by atoms with Gasteiger partial charge in [-0.15, -0.1) is 0 Å². The molecule has 0 bridgehead atoms. The van der Waals surface area contributed by atoms with Crippen molar-refractivity contribution in [3.63, 3.8) is 0 Å². The predicted octanol–water partition coefficient (Wildman–Crippen LogP) is -1.37. The van der Waals surface area contributed by atoms with E-state index in [1.807, 2.05) is 0 Å². The van der Waals surface area contributed by atoms with E-state index in [1.54, 1.807) is 0 Å². The Kier molecular flexibility index (Phi) is 5.46. The number of nitrogens with zero attached hydrogens (tertiary/aromatic N) is 3. The van der Waals surface area contributed by atoms with Crippen molar-refractivity contribution in [1.29, 1.82) is 0 Å². The summed E-state index contributed by atoms with van der Waals surface area (Å²) in [6, 6.07) is 0. The molecule has 0 fully saturated rings. The number of hydrogen-bond acceptors (Lipinski definition) is 8. The van der Waals surface area contributed by atoms with Crippen LogP contribution in [0.4, 0.5) is 17.8 Å². The molecule has 14 heavy (non-hydrogen) atoms. The summed E-state index contributed by atoms with van der Waals surface area (Å²) in [7, 11) is -1.44. The fourth-order valence-corrected chi connectivity index (χ4v) is 0.427. The monoisotopic (exact) mass is 222 g/mol. The van der Waals surface area contributed by atoms with Gasteiger partial charge < -0.3 is 26.6 Å². The van der Waals surface area contributed by atoms with Crippen molar-refractivity contribution in [2.45, 2.75) is 0 Å². The maximum Gasteiger partial charge on any atom is 0.316 e. The van der Waals surface area contributed by atoms with Gasteiger partial charge in [0.2, 0.25) is 17.8 Å². The second-order valence-electron chi connectivity index (χ2n) is 1.88. The molecule has 0 aliphatic carbocycles. The number of aromatic nitrogens is 3. The van der Waals surface area contributed by atoms with Gasteiger partial charge in [-0.1, -0.05) is 0 Å². The minimum absolute atomic E-state index is 0.0417. The van der Waals surface area contributed by atoms with Gasteiger partial charge in [0, 0.05) is 7.11 Å². The minimum Gasteiger partial charge on any atom is -0.368 e. The van der Waals surface area contributed by atoms with E-state index >= 15 is 0 Å². The Morgan fingerprint density at radius 3 is 1.50 bits per heavy atom. The number of rotatable bonds is 1. The molecule has 1 unspecified atom stereocenters. The van der Waals surface area contributed by atoms with Gasteiger partial charge in [0.15, 0.2) is 0 Å². The number of hydrogen-bond donors (Lipinski definition) is 4. The van der Waals surface area contributed by atoms with Crippen LogP contribution in [0.5, 0.6) is 0 Å². The minimum atomic E-state index is -2.62. The highest BCUT2D eigenvalue weighted by Crippen LogP contribution is 2.09. The zero-order valence-corrected chi connectivity index (χ0v) is 8.34. The van der Waals surface area contributed by atoms with Gasteiger partial charge >= 0.3 is 8.25 Å². The standard InChI is InChI=1S/C3H6N6.CH5O3P/c4-1-7-2(5)9-3(6)8-1;1-4-5(2)3/h(H6,4,5,6,7,8,9);5H,1H3,(H,2,3). The first-order chi connectivity index (χ1) is 6.45. The second-order valence-corrected chi connectivity index (χ2v) is 2.82. The van der Waals surface area contributed by atoms with E-state index in [0.29, 0.717) is 0 Å². The summed E-state index contributed by atoms with van der Waals surface area (Å²) in [5.41, 5.74) is 15.4. The predicted molar refractivity (Wildman–Crippen MR) is 51.3 cm³/mol. The van der Waals surface area contributed by atoms with Crippen molar-refractivity contribution < 1.29 is 14.0 Å². The Balaban J connectivity index is 0.000000292. The van der Waals surface area contributed by atoms with Crippen molar-refractivity contribution in [2.24, 2.45) is 0 Å². The number of anilines is 3. The molecule has 9 nitrogen and oxygen atoms in total. The Labute approximate surface area is 80.3 Å². The van der Waals surface area contributed by atoms with Crippen LogP contribution in [0.15, 0.2) is 0 Å². The zero-order chi connectivity index (χ0) is 11.1. The highest BCUT2D eigenvalue weighted by Gasteiger charge is 1.93. The van der Waals surface area contributed by atoms with Crippen molar-refractivity contribution in [1.82, 2.24) is 15.0 Å². The lowest BCUT2D eigenvalue weighted by molar-refractivity contribution is 0.343. The van der Waals surface area contributed by atoms with Crippen LogP contribution < -0.4 is 17.2 Å². The molecule has 80 valence electrons. The van der Waals surface area contributed by atoms with Gasteiger partial charge in [-0.2, -0.15) is 15.0 Å². The van der Waals surface area contributed by atoms with Crippen LogP contribution in [-0.2, 0) is 9.09 Å². The molecule has 1 aromatic heterocycles. The summed E-state index contributed by atoms with van der Waals surface area (Å²) < 4.78 is 13.2. The van der Waals surface area contributed by atoms with Gasteiger partial charge in [0.25, 0.3) is 0 Å². The molecule has 1 aromatic rings. The summed E-state index contributed by atoms with van der Waals surface area (Å²) in [6.45, 7) is 0. The van der Waals surface area contributed by atoms with Crippen molar-refractivity contribution in [2.75, 3.05) is 24.3 Å². The van der Waals surface area contributed by atoms with E-state index in [9.17, 15) is 4.57 Å². The third kappa shape index (κ3) is 6.12. The van der Waals surface area contributed by atoms with E-state index in [2.05, 4.69) is 19.5 Å². The number of nitrogen functional groups attached to an aromatic ring is 3. The highest BCUT2D eigenvalue weighted by molar-refractivity contribution is 7.32. The van der Waals surface area contributed by atoms with Crippen LogP contribution in [0.3, 0.4) is 0 Å². The maximum atomic E-state index is 9.33. The lowest BCUT2D eigenvalue weighted by atomic mass is 10.9. The van der Waals surface area contributed by atoms with E-state index in [1.165, 1.54) is 7.11 Å². The maximum absolute atomic E-state index is 9.33. The van der Waals surface area contributed by atoms with Gasteiger partial charge in [-0.25, -0.2) is 0 Å². The van der Waals surface area contributed by atoms with E-state index in [4.69, 9.17) is 22.1 Å². The lowest BCUT2D eigenvalue weighted by Gasteiger charge is -1.93. The molecule has 0 aliphatic rings. The quantitative estimate of drug-likeness (QED) is 0.419. The average Bonchev–Trinajstić information content (AvgIpc) is 2.02. The zero-order valence-electron chi connectivity index (χ0n) is 7.34. The van der Waals surface area contributed by atoms with Crippen LogP contribution in [0, 0.1) is 0 Å². The van der Waals surface area contributed by atoms with Crippen LogP contribution in [0.2, 0.25) is 0 Å². The van der Waals surface area contributed by atoms with Crippen LogP contribution in [0.1, 0.15) is 0 Å². The highest BCUT2D eigenvalue weighted by atomic mass is 31.1. The molecule has 7 N–H and O–H groups in total. The molecule has 0 saturated heterocycles. The molecule has 0 saturated carbocycles. The average molecular weight is 222 g/mol. The fourth-order valence-electron chi connectivity index (χ4n) is 0.427. The molecule has 0 aliphatic heterocycles. The molecule has 10 heteroatoms. The Morgan fingerprint density at radius 2 is 1.36 bits per heavy atom. The molecule has 1 heterocycles. The van der Waals surface area contributed by atoms with Gasteiger partial charge in [0.05, 0.1) is 0 Å². The largest absolute Gasteiger partial charge is 0.368 e. The summed E-state index contributed by atoms with van der Waals surface area (Å²) in [5.74, 6) is 0.125. The van der Waals surface area contributed by atoms with Crippen LogP contribution >= 0.6 is 8.25 Å². The van der Waals surface area contributed by atoms with Crippen molar-refractivity contribution >= 4 is 26.1 Å². The first kappa shape index (κ1) is 12.6. The summed E-state index contributed by atoms with van der Waals surface area (Å²) in [5, 5.41) is 0. The normalized spacial score (nSPS) is 11.3. The fraction of sp³-hybridized carbons (Fsp3) is 0.250. The van der Waals surface area contributed by atoms with E-state index in [-0.39, 0.29) is 17.8 Å². The topological polar surface area (TPSA) is 163 Å².